The molecule has 0 aliphatic heterocycles. The van der Waals surface area contributed by atoms with E-state index < -0.39 is 14.9 Å². The van der Waals surface area contributed by atoms with Crippen molar-refractivity contribution in [1.82, 2.24) is 4.98 Å². The summed E-state index contributed by atoms with van der Waals surface area (Å²) in [5.74, 6) is 0. The van der Waals surface area contributed by atoms with Gasteiger partial charge >= 0.3 is 6.86 Å². The van der Waals surface area contributed by atoms with E-state index in [0.29, 0.717) is 0 Å². The Morgan fingerprint density at radius 1 is 1.18 bits per heavy atom. The minimum atomic E-state index is -2.50. The highest BCUT2D eigenvalue weighted by molar-refractivity contribution is 7.45. The molecule has 0 heterocycles. The molecule has 0 spiro atoms. The summed E-state index contributed by atoms with van der Waals surface area (Å²) in [6, 6.07) is 0. The van der Waals surface area contributed by atoms with Gasteiger partial charge in [0.25, 0.3) is 0 Å². The van der Waals surface area contributed by atoms with Gasteiger partial charge in [0.05, 0.1) is 8.07 Å². The molecule has 1 unspecified atom stereocenters. The van der Waals surface area contributed by atoms with Crippen molar-refractivity contribution in [3.05, 3.63) is 23.4 Å². The summed E-state index contributed by atoms with van der Waals surface area (Å²) in [5, 5.41) is 1.46. The van der Waals surface area contributed by atoms with E-state index in [9.17, 15) is 0 Å². The van der Waals surface area contributed by atoms with Gasteiger partial charge in [-0.15, -0.1) is 22.2 Å². The highest BCUT2D eigenvalue weighted by Gasteiger charge is 2.45. The average molecular weight is 308 g/mol. The molecule has 0 bridgehead atoms. The molecule has 0 aromatic heterocycles. The maximum Gasteiger partial charge on any atom is 0.332 e. The lowest BCUT2D eigenvalue weighted by atomic mass is 10.1. The molecule has 1 aliphatic rings. The van der Waals surface area contributed by atoms with Gasteiger partial charge in [-0.25, -0.2) is 0 Å². The summed E-state index contributed by atoms with van der Waals surface area (Å²) in [7, 11) is -1.35. The molecule has 17 heavy (non-hydrogen) atoms. The zero-order valence-corrected chi connectivity index (χ0v) is 15.1. The number of rotatable bonds is 3. The topological polar surface area (TPSA) is 12.0 Å². The second-order valence-corrected chi connectivity index (χ2v) is 18.1. The molecule has 0 fully saturated rings. The Hall–Kier alpha value is 0.454. The fourth-order valence-electron chi connectivity index (χ4n) is 2.09. The van der Waals surface area contributed by atoms with Crippen LogP contribution in [0.4, 0.5) is 0 Å². The summed E-state index contributed by atoms with van der Waals surface area (Å²) in [4.78, 5) is 3.44. The fraction of sp³-hybridized carbons (Fsp3) is 0.667. The molecule has 1 atom stereocenters. The zero-order valence-electron chi connectivity index (χ0n) is 11.6. The molecular formula is C12H23Cl2NSi2. The Labute approximate surface area is 117 Å². The van der Waals surface area contributed by atoms with E-state index in [1.54, 1.807) is 0 Å². The van der Waals surface area contributed by atoms with Gasteiger partial charge in [0.15, 0.2) is 0 Å². The van der Waals surface area contributed by atoms with Crippen molar-refractivity contribution in [3.8, 4) is 0 Å². The second-order valence-electron chi connectivity index (χ2n) is 6.73. The van der Waals surface area contributed by atoms with Crippen LogP contribution in [-0.2, 0) is 0 Å². The van der Waals surface area contributed by atoms with Gasteiger partial charge in [-0.1, -0.05) is 43.1 Å². The quantitative estimate of drug-likeness (QED) is 0.596. The van der Waals surface area contributed by atoms with E-state index in [2.05, 4.69) is 63.6 Å². The van der Waals surface area contributed by atoms with Crippen molar-refractivity contribution in [2.75, 3.05) is 0 Å². The van der Waals surface area contributed by atoms with Crippen molar-refractivity contribution in [1.29, 1.82) is 0 Å². The highest BCUT2D eigenvalue weighted by Crippen LogP contribution is 2.43. The lowest BCUT2D eigenvalue weighted by Crippen LogP contribution is -2.55. The van der Waals surface area contributed by atoms with Crippen LogP contribution in [0.1, 0.15) is 20.8 Å². The Morgan fingerprint density at radius 3 is 2.12 bits per heavy atom. The van der Waals surface area contributed by atoms with Crippen LogP contribution >= 0.6 is 22.2 Å². The molecule has 0 saturated carbocycles. The maximum atomic E-state index is 6.65. The Bertz CT molecular complexity index is 348. The van der Waals surface area contributed by atoms with E-state index in [0.717, 1.165) is 0 Å². The minimum absolute atomic E-state index is 0.0449. The van der Waals surface area contributed by atoms with Crippen molar-refractivity contribution in [2.45, 2.75) is 51.5 Å². The van der Waals surface area contributed by atoms with Crippen molar-refractivity contribution < 1.29 is 0 Å². The van der Waals surface area contributed by atoms with Crippen LogP contribution in [-0.4, -0.2) is 20.5 Å². The first kappa shape index (κ1) is 15.5. The predicted molar refractivity (Wildman–Crippen MR) is 84.7 cm³/mol. The van der Waals surface area contributed by atoms with E-state index >= 15 is 0 Å². The Morgan fingerprint density at radius 2 is 1.71 bits per heavy atom. The van der Waals surface area contributed by atoms with Gasteiger partial charge in [-0.2, -0.15) is 0 Å². The first-order chi connectivity index (χ1) is 7.43. The third-order valence-corrected chi connectivity index (χ3v) is 9.56. The average Bonchev–Trinajstić information content (AvgIpc) is 2.44. The van der Waals surface area contributed by atoms with Crippen molar-refractivity contribution in [3.63, 3.8) is 0 Å². The molecule has 1 aliphatic carbocycles. The van der Waals surface area contributed by atoms with Crippen LogP contribution in [0.15, 0.2) is 23.4 Å². The number of hydrogen-bond acceptors (Lipinski definition) is 1. The summed E-state index contributed by atoms with van der Waals surface area (Å²) in [6.45, 7) is 10.8. The lowest BCUT2D eigenvalue weighted by Gasteiger charge is -2.36. The molecule has 1 rings (SSSR count). The molecule has 0 radical (unpaired) electrons. The van der Waals surface area contributed by atoms with Crippen molar-refractivity contribution in [2.24, 2.45) is 0 Å². The van der Waals surface area contributed by atoms with Crippen LogP contribution < -0.4 is 4.98 Å². The fourth-order valence-corrected chi connectivity index (χ4v) is 11.0. The molecule has 0 saturated heterocycles. The van der Waals surface area contributed by atoms with Gasteiger partial charge in [-0.05, 0) is 20.8 Å². The van der Waals surface area contributed by atoms with Gasteiger partial charge in [0, 0.05) is 11.1 Å². The smallest absolute Gasteiger partial charge is 0.308 e. The lowest BCUT2D eigenvalue weighted by molar-refractivity contribution is 0.517. The maximum absolute atomic E-state index is 6.65. The van der Waals surface area contributed by atoms with Crippen LogP contribution in [0.5, 0.6) is 0 Å². The number of nitrogens with one attached hydrogen (secondary N) is 1. The first-order valence-corrected chi connectivity index (χ1v) is 13.6. The molecule has 0 aromatic rings. The van der Waals surface area contributed by atoms with E-state index in [1.165, 1.54) is 5.20 Å². The first-order valence-electron chi connectivity index (χ1n) is 5.99. The van der Waals surface area contributed by atoms with Crippen LogP contribution in [0.25, 0.3) is 0 Å². The number of halogens is 2. The molecule has 5 heteroatoms. The second kappa shape index (κ2) is 4.85. The monoisotopic (exact) mass is 307 g/mol. The Balaban J connectivity index is 2.93. The van der Waals surface area contributed by atoms with Gasteiger partial charge in [0.2, 0.25) is 0 Å². The largest absolute Gasteiger partial charge is 0.332 e. The molecule has 0 amide bonds. The van der Waals surface area contributed by atoms with E-state index in [4.69, 9.17) is 22.2 Å². The van der Waals surface area contributed by atoms with Gasteiger partial charge in [0.1, 0.15) is 0 Å². The number of hydrogen-bond donors (Lipinski definition) is 1. The summed E-state index contributed by atoms with van der Waals surface area (Å²) in [6.07, 6.45) is 6.49. The summed E-state index contributed by atoms with van der Waals surface area (Å²) < 4.78 is 0. The highest BCUT2D eigenvalue weighted by atomic mass is 35.7. The molecular weight excluding hydrogens is 285 g/mol. The standard InChI is InChI=1S/C12H23Cl2NSi2/c1-12(2,3)15-17(13,14)11-9-7-8-10(11)16(4,5)6/h7-9,11,15H,1-6H3. The van der Waals surface area contributed by atoms with Gasteiger partial charge in [-0.3, -0.25) is 0 Å². The molecule has 1 N–H and O–H groups in total. The number of allylic oxidation sites excluding steroid dienone is 4. The predicted octanol–water partition coefficient (Wildman–Crippen LogP) is 4.53. The summed E-state index contributed by atoms with van der Waals surface area (Å²) in [5.41, 5.74) is 0.174. The van der Waals surface area contributed by atoms with Crippen LogP contribution in [0.2, 0.25) is 25.2 Å². The third-order valence-electron chi connectivity index (χ3n) is 2.71. The Kier molecular flexibility index (Phi) is 4.43. The SMILES string of the molecule is CC(C)(C)N[Si](Cl)(Cl)C1C=CC=C1[Si](C)(C)C. The van der Waals surface area contributed by atoms with Gasteiger partial charge < -0.3 is 4.98 Å². The van der Waals surface area contributed by atoms with Crippen molar-refractivity contribution >= 4 is 37.1 Å². The molecule has 0 aromatic carbocycles. The van der Waals surface area contributed by atoms with E-state index in [-0.39, 0.29) is 11.1 Å². The normalized spacial score (nSPS) is 21.9. The zero-order chi connectivity index (χ0) is 13.5. The third kappa shape index (κ3) is 4.25. The molecule has 1 nitrogen and oxygen atoms in total. The van der Waals surface area contributed by atoms with Crippen LogP contribution in [0, 0.1) is 0 Å². The summed E-state index contributed by atoms with van der Waals surface area (Å²) >= 11 is 13.3. The molecule has 98 valence electrons. The minimum Gasteiger partial charge on any atom is -0.308 e. The van der Waals surface area contributed by atoms with E-state index in [1.807, 2.05) is 0 Å². The van der Waals surface area contributed by atoms with Crippen LogP contribution in [0.3, 0.4) is 0 Å².